The second-order valence-electron chi connectivity index (χ2n) is 3.90. The van der Waals surface area contributed by atoms with Crippen molar-refractivity contribution >= 4 is 22.8 Å². The van der Waals surface area contributed by atoms with E-state index in [-0.39, 0.29) is 0 Å². The van der Waals surface area contributed by atoms with Crippen LogP contribution in [0.4, 0.5) is 0 Å². The first-order valence-corrected chi connectivity index (χ1v) is 5.89. The Bertz CT molecular complexity index is 507. The Morgan fingerprint density at radius 1 is 1.56 bits per heavy atom. The van der Waals surface area contributed by atoms with Gasteiger partial charge in [0, 0.05) is 12.8 Å². The average molecular weight is 238 g/mol. The summed E-state index contributed by atoms with van der Waals surface area (Å²) >= 11 is 5.90. The summed E-state index contributed by atoms with van der Waals surface area (Å²) in [6.45, 7) is 1.66. The van der Waals surface area contributed by atoms with Crippen LogP contribution >= 0.6 is 11.6 Å². The summed E-state index contributed by atoms with van der Waals surface area (Å²) in [7, 11) is 0. The molecule has 0 unspecified atom stereocenters. The first kappa shape index (κ1) is 10.1. The maximum Gasteiger partial charge on any atom is 0.160 e. The number of rotatable bonds is 3. The van der Waals surface area contributed by atoms with Crippen molar-refractivity contribution in [1.82, 2.24) is 14.5 Å². The normalized spacial score (nSPS) is 19.9. The molecule has 0 aromatic carbocycles. The van der Waals surface area contributed by atoms with Crippen LogP contribution in [-0.4, -0.2) is 27.2 Å². The number of hydrogen-bond donors (Lipinski definition) is 0. The maximum atomic E-state index is 5.90. The molecule has 0 spiro atoms. The van der Waals surface area contributed by atoms with Gasteiger partial charge >= 0.3 is 0 Å². The van der Waals surface area contributed by atoms with Crippen molar-refractivity contribution < 1.29 is 4.74 Å². The van der Waals surface area contributed by atoms with Gasteiger partial charge in [-0.2, -0.15) is 0 Å². The summed E-state index contributed by atoms with van der Waals surface area (Å²) in [4.78, 5) is 8.80. The fourth-order valence-corrected chi connectivity index (χ4v) is 2.14. The molecule has 4 nitrogen and oxygen atoms in total. The Balaban J connectivity index is 2.04. The van der Waals surface area contributed by atoms with Crippen LogP contribution in [0.15, 0.2) is 18.3 Å². The van der Waals surface area contributed by atoms with Crippen molar-refractivity contribution in [3.63, 3.8) is 0 Å². The standard InChI is InChI=1S/C11H12ClN3O/c12-6-10-14-9-2-1-4-13-11(9)15(10)7-8-3-5-16-8/h1-2,4,8H,3,5-7H2/t8-/m0/s1. The van der Waals surface area contributed by atoms with Crippen LogP contribution in [0.5, 0.6) is 0 Å². The second-order valence-corrected chi connectivity index (χ2v) is 4.17. The first-order valence-electron chi connectivity index (χ1n) is 5.36. The van der Waals surface area contributed by atoms with Gasteiger partial charge in [-0.15, -0.1) is 11.6 Å². The molecule has 1 saturated heterocycles. The van der Waals surface area contributed by atoms with Gasteiger partial charge in [0.2, 0.25) is 0 Å². The smallest absolute Gasteiger partial charge is 0.160 e. The minimum atomic E-state index is 0.293. The van der Waals surface area contributed by atoms with Gasteiger partial charge < -0.3 is 9.30 Å². The van der Waals surface area contributed by atoms with Gasteiger partial charge in [0.1, 0.15) is 11.3 Å². The van der Waals surface area contributed by atoms with Gasteiger partial charge in [-0.1, -0.05) is 0 Å². The van der Waals surface area contributed by atoms with Gasteiger partial charge in [0.25, 0.3) is 0 Å². The fraction of sp³-hybridized carbons (Fsp3) is 0.455. The highest BCUT2D eigenvalue weighted by molar-refractivity contribution is 6.16. The molecule has 1 fully saturated rings. The molecule has 0 radical (unpaired) electrons. The summed E-state index contributed by atoms with van der Waals surface area (Å²) in [5.41, 5.74) is 1.80. The first-order chi connectivity index (χ1) is 7.88. The van der Waals surface area contributed by atoms with Crippen LogP contribution in [0.3, 0.4) is 0 Å². The lowest BCUT2D eigenvalue weighted by molar-refractivity contribution is -0.0590. The average Bonchev–Trinajstić information content (AvgIpc) is 2.61. The molecule has 0 aliphatic carbocycles. The van der Waals surface area contributed by atoms with Crippen LogP contribution in [0.1, 0.15) is 12.2 Å². The number of halogens is 1. The number of fused-ring (bicyclic) bond motifs is 1. The van der Waals surface area contributed by atoms with Gasteiger partial charge in [-0.3, -0.25) is 0 Å². The van der Waals surface area contributed by atoms with Crippen molar-refractivity contribution in [2.75, 3.05) is 6.61 Å². The molecule has 2 aromatic rings. The molecule has 0 bridgehead atoms. The SMILES string of the molecule is ClCc1nc2cccnc2n1C[C@@H]1CCO1. The molecular formula is C11H12ClN3O. The largest absolute Gasteiger partial charge is 0.376 e. The number of alkyl halides is 1. The Hall–Kier alpha value is -1.13. The molecule has 1 atom stereocenters. The Morgan fingerprint density at radius 3 is 3.12 bits per heavy atom. The minimum Gasteiger partial charge on any atom is -0.376 e. The van der Waals surface area contributed by atoms with Crippen molar-refractivity contribution in [2.45, 2.75) is 24.9 Å². The van der Waals surface area contributed by atoms with Gasteiger partial charge in [-0.25, -0.2) is 9.97 Å². The zero-order valence-corrected chi connectivity index (χ0v) is 9.52. The van der Waals surface area contributed by atoms with E-state index in [1.54, 1.807) is 6.20 Å². The highest BCUT2D eigenvalue weighted by Gasteiger charge is 2.21. The molecular weight excluding hydrogens is 226 g/mol. The van der Waals surface area contributed by atoms with Crippen LogP contribution in [0.2, 0.25) is 0 Å². The van der Waals surface area contributed by atoms with Crippen LogP contribution in [-0.2, 0) is 17.2 Å². The van der Waals surface area contributed by atoms with E-state index < -0.39 is 0 Å². The third-order valence-electron chi connectivity index (χ3n) is 2.88. The fourth-order valence-electron chi connectivity index (χ4n) is 1.93. The van der Waals surface area contributed by atoms with Crippen LogP contribution in [0, 0.1) is 0 Å². The van der Waals surface area contributed by atoms with Crippen molar-refractivity contribution in [3.05, 3.63) is 24.2 Å². The van der Waals surface area contributed by atoms with E-state index in [1.165, 1.54) is 0 Å². The van der Waals surface area contributed by atoms with E-state index in [4.69, 9.17) is 16.3 Å². The zero-order valence-electron chi connectivity index (χ0n) is 8.77. The number of hydrogen-bond acceptors (Lipinski definition) is 3. The van der Waals surface area contributed by atoms with E-state index in [0.29, 0.717) is 12.0 Å². The molecule has 1 aliphatic rings. The van der Waals surface area contributed by atoms with E-state index in [9.17, 15) is 0 Å². The lowest BCUT2D eigenvalue weighted by atomic mass is 10.2. The van der Waals surface area contributed by atoms with E-state index >= 15 is 0 Å². The molecule has 0 saturated carbocycles. The monoisotopic (exact) mass is 237 g/mol. The summed E-state index contributed by atoms with van der Waals surface area (Å²) in [5, 5.41) is 0. The van der Waals surface area contributed by atoms with E-state index in [1.807, 2.05) is 12.1 Å². The number of pyridine rings is 1. The molecule has 1 aliphatic heterocycles. The molecule has 84 valence electrons. The van der Waals surface area contributed by atoms with Crippen molar-refractivity contribution in [1.29, 1.82) is 0 Å². The highest BCUT2D eigenvalue weighted by Crippen LogP contribution is 2.20. The quantitative estimate of drug-likeness (QED) is 0.767. The minimum absolute atomic E-state index is 0.293. The summed E-state index contributed by atoms with van der Waals surface area (Å²) in [6.07, 6.45) is 3.18. The second kappa shape index (κ2) is 4.03. The third-order valence-corrected chi connectivity index (χ3v) is 3.12. The summed E-state index contributed by atoms with van der Waals surface area (Å²) in [6, 6.07) is 3.84. The molecule has 0 N–H and O–H groups in total. The Labute approximate surface area is 98.2 Å². The molecule has 16 heavy (non-hydrogen) atoms. The van der Waals surface area contributed by atoms with Crippen molar-refractivity contribution in [3.8, 4) is 0 Å². The lowest BCUT2D eigenvalue weighted by Crippen LogP contribution is -2.31. The summed E-state index contributed by atoms with van der Waals surface area (Å²) < 4.78 is 7.49. The van der Waals surface area contributed by atoms with E-state index in [2.05, 4.69) is 14.5 Å². The predicted molar refractivity (Wildman–Crippen MR) is 61.4 cm³/mol. The highest BCUT2D eigenvalue weighted by atomic mass is 35.5. The van der Waals surface area contributed by atoms with Gasteiger partial charge in [0.05, 0.1) is 18.5 Å². The lowest BCUT2D eigenvalue weighted by Gasteiger charge is -2.27. The number of ether oxygens (including phenoxy) is 1. The van der Waals surface area contributed by atoms with E-state index in [0.717, 1.165) is 36.6 Å². The van der Waals surface area contributed by atoms with Gasteiger partial charge in [0.15, 0.2) is 5.65 Å². The van der Waals surface area contributed by atoms with Crippen molar-refractivity contribution in [2.24, 2.45) is 0 Å². The molecule has 3 heterocycles. The molecule has 5 heteroatoms. The predicted octanol–water partition coefficient (Wildman–Crippen LogP) is 1.96. The third kappa shape index (κ3) is 1.58. The van der Waals surface area contributed by atoms with Crippen LogP contribution < -0.4 is 0 Å². The Kier molecular flexibility index (Phi) is 2.53. The maximum absolute atomic E-state index is 5.90. The molecule has 3 rings (SSSR count). The zero-order chi connectivity index (χ0) is 11.0. The number of aromatic nitrogens is 3. The van der Waals surface area contributed by atoms with Gasteiger partial charge in [-0.05, 0) is 18.6 Å². The number of imidazole rings is 1. The van der Waals surface area contributed by atoms with Crippen LogP contribution in [0.25, 0.3) is 11.2 Å². The summed E-state index contributed by atoms with van der Waals surface area (Å²) in [5.74, 6) is 1.27. The topological polar surface area (TPSA) is 39.9 Å². The number of nitrogens with zero attached hydrogens (tertiary/aromatic N) is 3. The molecule has 0 amide bonds. The molecule has 2 aromatic heterocycles. The Morgan fingerprint density at radius 2 is 2.44 bits per heavy atom.